The van der Waals surface area contributed by atoms with E-state index in [2.05, 4.69) is 15.0 Å². The van der Waals surface area contributed by atoms with E-state index in [0.717, 1.165) is 5.56 Å². The number of rotatable bonds is 6. The van der Waals surface area contributed by atoms with Crippen LogP contribution in [0.4, 0.5) is 0 Å². The molecule has 4 nitrogen and oxygen atoms in total. The van der Waals surface area contributed by atoms with Crippen LogP contribution in [0.1, 0.15) is 19.4 Å². The van der Waals surface area contributed by atoms with Crippen molar-refractivity contribution >= 4 is 40.3 Å². The molecule has 0 heterocycles. The van der Waals surface area contributed by atoms with Crippen molar-refractivity contribution in [3.63, 3.8) is 0 Å². The van der Waals surface area contributed by atoms with Gasteiger partial charge in [-0.05, 0) is 40.6 Å². The van der Waals surface area contributed by atoms with Crippen molar-refractivity contribution in [2.75, 3.05) is 6.61 Å². The van der Waals surface area contributed by atoms with Crippen molar-refractivity contribution in [3.8, 4) is 9.85 Å². The van der Waals surface area contributed by atoms with Gasteiger partial charge in [0.15, 0.2) is 0 Å². The summed E-state index contributed by atoms with van der Waals surface area (Å²) in [5.74, 6) is 2.79. The number of hydrogen-bond donors (Lipinski definition) is 0. The highest BCUT2D eigenvalue weighted by Gasteiger charge is 2.14. The third-order valence-corrected chi connectivity index (χ3v) is 3.32. The molecule has 6 heteroatoms. The molecule has 112 valence electrons. The number of benzene rings is 1. The second-order valence-electron chi connectivity index (χ2n) is 4.32. The molecule has 0 aliphatic carbocycles. The van der Waals surface area contributed by atoms with Crippen LogP contribution < -0.4 is 0 Å². The molecule has 0 N–H and O–H groups in total. The molecule has 0 aliphatic rings. The van der Waals surface area contributed by atoms with E-state index in [1.165, 1.54) is 6.20 Å². The Morgan fingerprint density at radius 3 is 2.95 bits per heavy atom. The van der Waals surface area contributed by atoms with Crippen LogP contribution in [0.5, 0.6) is 0 Å². The molecular formula is C15H16ClIN2O2. The van der Waals surface area contributed by atoms with Crippen LogP contribution in [0, 0.1) is 15.1 Å². The van der Waals surface area contributed by atoms with Gasteiger partial charge < -0.3 is 9.94 Å². The normalized spacial score (nSPS) is 14.6. The molecule has 1 aromatic carbocycles. The molecule has 0 aliphatic heterocycles. The van der Waals surface area contributed by atoms with Crippen molar-refractivity contribution in [2.24, 2.45) is 5.11 Å². The molecule has 0 radical (unpaired) electrons. The Labute approximate surface area is 143 Å². The summed E-state index contributed by atoms with van der Waals surface area (Å²) < 4.78 is 8.16. The number of halogens is 2. The second-order valence-corrected chi connectivity index (χ2v) is 5.29. The van der Waals surface area contributed by atoms with Gasteiger partial charge in [-0.2, -0.15) is 0 Å². The Hall–Kier alpha value is -1.10. The largest absolute Gasteiger partial charge is 0.595 e. The minimum atomic E-state index is -0.262. The Morgan fingerprint density at radius 2 is 2.29 bits per heavy atom. The van der Waals surface area contributed by atoms with Crippen molar-refractivity contribution in [1.29, 1.82) is 0 Å². The summed E-state index contributed by atoms with van der Waals surface area (Å²) >= 11 is 7.82. The lowest BCUT2D eigenvalue weighted by Crippen LogP contribution is -2.22. The standard InChI is InChI=1S/C15H16ClIN2O2/c1-12(13(2)21-10-4-8-17)18-19(20)9-7-14-5-3-6-15(16)11-14/h3,5-7,9,11-13H,10H2,1-2H3/b9-7+,19-18?. The van der Waals surface area contributed by atoms with E-state index in [1.807, 2.05) is 48.6 Å². The first-order chi connectivity index (χ1) is 10.0. The SMILES string of the molecule is CC(N=[N+]([O-])/C=C/c1cccc(Cl)c1)C(C)OCC#CI. The van der Waals surface area contributed by atoms with E-state index in [-0.39, 0.29) is 12.1 Å². The van der Waals surface area contributed by atoms with Gasteiger partial charge >= 0.3 is 0 Å². The van der Waals surface area contributed by atoms with E-state index in [0.29, 0.717) is 16.5 Å². The van der Waals surface area contributed by atoms with Gasteiger partial charge in [0.25, 0.3) is 0 Å². The maximum absolute atomic E-state index is 11.7. The topological polar surface area (TPSA) is 47.7 Å². The van der Waals surface area contributed by atoms with Crippen LogP contribution in [0.15, 0.2) is 35.6 Å². The number of azo groups is 1. The zero-order valence-corrected chi connectivity index (χ0v) is 14.7. The minimum absolute atomic E-state index is 0.182. The van der Waals surface area contributed by atoms with E-state index in [1.54, 1.807) is 18.2 Å². The van der Waals surface area contributed by atoms with Gasteiger partial charge in [0.1, 0.15) is 12.6 Å². The van der Waals surface area contributed by atoms with E-state index in [9.17, 15) is 5.21 Å². The molecule has 1 aromatic rings. The average molecular weight is 419 g/mol. The Balaban J connectivity index is 2.60. The molecule has 0 aromatic heterocycles. The van der Waals surface area contributed by atoms with E-state index >= 15 is 0 Å². The highest BCUT2D eigenvalue weighted by molar-refractivity contribution is 14.1. The zero-order valence-electron chi connectivity index (χ0n) is 11.8. The molecule has 2 atom stereocenters. The summed E-state index contributed by atoms with van der Waals surface area (Å²) in [6.45, 7) is 4.01. The first-order valence-corrected chi connectivity index (χ1v) is 7.79. The lowest BCUT2D eigenvalue weighted by Gasteiger charge is -2.12. The molecule has 21 heavy (non-hydrogen) atoms. The maximum Gasteiger partial charge on any atom is 0.210 e. The molecule has 0 amide bonds. The van der Waals surface area contributed by atoms with Gasteiger partial charge in [-0.15, -0.1) is 0 Å². The molecule has 0 saturated carbocycles. The predicted octanol–water partition coefficient (Wildman–Crippen LogP) is 4.46. The third-order valence-electron chi connectivity index (χ3n) is 2.70. The van der Waals surface area contributed by atoms with Crippen molar-refractivity contribution in [2.45, 2.75) is 26.0 Å². The van der Waals surface area contributed by atoms with Crippen LogP contribution in [0.3, 0.4) is 0 Å². The van der Waals surface area contributed by atoms with E-state index in [4.69, 9.17) is 16.3 Å². The monoisotopic (exact) mass is 418 g/mol. The van der Waals surface area contributed by atoms with Gasteiger partial charge in [-0.1, -0.05) is 34.5 Å². The fourth-order valence-corrected chi connectivity index (χ4v) is 1.77. The van der Waals surface area contributed by atoms with Crippen molar-refractivity contribution in [1.82, 2.24) is 0 Å². The molecule has 2 unspecified atom stereocenters. The van der Waals surface area contributed by atoms with Gasteiger partial charge in [0.2, 0.25) is 6.20 Å². The summed E-state index contributed by atoms with van der Waals surface area (Å²) in [6, 6.07) is 6.96. The Kier molecular flexibility index (Phi) is 8.35. The molecule has 0 saturated heterocycles. The highest BCUT2D eigenvalue weighted by atomic mass is 127. The van der Waals surface area contributed by atoms with Crippen LogP contribution in [0.25, 0.3) is 6.08 Å². The number of hydroxylamine groups is 1. The smallest absolute Gasteiger partial charge is 0.210 e. The van der Waals surface area contributed by atoms with Crippen LogP contribution in [0.2, 0.25) is 5.02 Å². The fraction of sp³-hybridized carbons (Fsp3) is 0.333. The van der Waals surface area contributed by atoms with Gasteiger partial charge in [0, 0.05) is 33.7 Å². The van der Waals surface area contributed by atoms with Crippen LogP contribution >= 0.6 is 34.2 Å². The fourth-order valence-electron chi connectivity index (χ4n) is 1.41. The summed E-state index contributed by atoms with van der Waals surface area (Å²) in [4.78, 5) is 0.537. The molecule has 0 spiro atoms. The first-order valence-electron chi connectivity index (χ1n) is 6.34. The summed E-state index contributed by atoms with van der Waals surface area (Å²) in [7, 11) is 0. The number of ether oxygens (including phenoxy) is 1. The van der Waals surface area contributed by atoms with Crippen molar-refractivity contribution in [3.05, 3.63) is 46.3 Å². The summed E-state index contributed by atoms with van der Waals surface area (Å²) in [5.41, 5.74) is 0.841. The zero-order chi connectivity index (χ0) is 15.7. The van der Waals surface area contributed by atoms with Crippen molar-refractivity contribution < 1.29 is 9.60 Å². The average Bonchev–Trinajstić information content (AvgIpc) is 2.45. The van der Waals surface area contributed by atoms with E-state index < -0.39 is 0 Å². The summed E-state index contributed by atoms with van der Waals surface area (Å²) in [5, 5.41) is 16.3. The Morgan fingerprint density at radius 1 is 1.52 bits per heavy atom. The molecule has 1 rings (SSSR count). The lowest BCUT2D eigenvalue weighted by atomic mass is 10.2. The van der Waals surface area contributed by atoms with Gasteiger partial charge in [0.05, 0.1) is 6.10 Å². The number of nitrogens with zero attached hydrogens (tertiary/aromatic N) is 2. The predicted molar refractivity (Wildman–Crippen MR) is 93.2 cm³/mol. The first kappa shape index (κ1) is 18.0. The molecular weight excluding hydrogens is 403 g/mol. The lowest BCUT2D eigenvalue weighted by molar-refractivity contribution is -0.462. The minimum Gasteiger partial charge on any atom is -0.595 e. The quantitative estimate of drug-likeness (QED) is 0.225. The third kappa shape index (κ3) is 7.46. The summed E-state index contributed by atoms with van der Waals surface area (Å²) in [6.07, 6.45) is 2.82. The van der Waals surface area contributed by atoms with Gasteiger partial charge in [-0.3, -0.25) is 0 Å². The maximum atomic E-state index is 11.7. The van der Waals surface area contributed by atoms with Gasteiger partial charge in [-0.25, -0.2) is 0 Å². The molecule has 0 fully saturated rings. The highest BCUT2D eigenvalue weighted by Crippen LogP contribution is 2.12. The van der Waals surface area contributed by atoms with Crippen LogP contribution in [-0.2, 0) is 4.74 Å². The second kappa shape index (κ2) is 9.77. The van der Waals surface area contributed by atoms with Crippen LogP contribution in [-0.4, -0.2) is 23.6 Å². The Bertz CT molecular complexity index is 579. The number of hydrogen-bond acceptors (Lipinski definition) is 3. The molecule has 0 bridgehead atoms.